The second-order valence-electron chi connectivity index (χ2n) is 9.82. The molecule has 35 heavy (non-hydrogen) atoms. The molecule has 2 aliphatic rings. The molecule has 9 heteroatoms. The molecule has 0 saturated heterocycles. The van der Waals surface area contributed by atoms with Gasteiger partial charge in [0.25, 0.3) is 0 Å². The number of benzene rings is 2. The van der Waals surface area contributed by atoms with E-state index in [0.29, 0.717) is 41.3 Å². The van der Waals surface area contributed by atoms with Crippen LogP contribution in [0.25, 0.3) is 10.8 Å². The van der Waals surface area contributed by atoms with Crippen molar-refractivity contribution < 1.29 is 13.2 Å². The zero-order valence-electron chi connectivity index (χ0n) is 19.8. The van der Waals surface area contributed by atoms with E-state index >= 15 is 0 Å². The van der Waals surface area contributed by atoms with Crippen LogP contribution in [-0.2, 0) is 16.4 Å². The molecule has 0 spiro atoms. The van der Waals surface area contributed by atoms with E-state index in [-0.39, 0.29) is 18.0 Å². The Morgan fingerprint density at radius 1 is 1.11 bits per heavy atom. The third kappa shape index (κ3) is 5.22. The lowest BCUT2D eigenvalue weighted by Crippen LogP contribution is -2.31. The number of aryl methyl sites for hydroxylation is 1. The van der Waals surface area contributed by atoms with Gasteiger partial charge >= 0.3 is 6.03 Å². The summed E-state index contributed by atoms with van der Waals surface area (Å²) in [7, 11) is -3.69. The van der Waals surface area contributed by atoms with Crippen molar-refractivity contribution in [1.29, 1.82) is 0 Å². The normalized spacial score (nSPS) is 17.5. The number of hydrogen-bond acceptors (Lipinski definition) is 4. The van der Waals surface area contributed by atoms with Crippen molar-refractivity contribution in [1.82, 2.24) is 15.0 Å². The molecule has 184 valence electrons. The average Bonchev–Trinajstić information content (AvgIpc) is 3.60. The number of nitrogens with zero attached hydrogens (tertiary/aromatic N) is 1. The van der Waals surface area contributed by atoms with Gasteiger partial charge in [-0.05, 0) is 79.1 Å². The molecule has 2 aliphatic carbocycles. The van der Waals surface area contributed by atoms with Gasteiger partial charge in [0.05, 0.1) is 10.9 Å². The number of halogens is 1. The van der Waals surface area contributed by atoms with Crippen LogP contribution in [0.5, 0.6) is 0 Å². The lowest BCUT2D eigenvalue weighted by molar-refractivity contribution is 0.248. The first kappa shape index (κ1) is 24.2. The second-order valence-corrected chi connectivity index (χ2v) is 12.5. The highest BCUT2D eigenvalue weighted by Gasteiger charge is 2.32. The largest absolute Gasteiger partial charge is 0.331 e. The lowest BCUT2D eigenvalue weighted by Gasteiger charge is -2.19. The van der Waals surface area contributed by atoms with Crippen molar-refractivity contribution >= 4 is 48.4 Å². The summed E-state index contributed by atoms with van der Waals surface area (Å²) in [5, 5.41) is 7.44. The maximum absolute atomic E-state index is 13.3. The highest BCUT2D eigenvalue weighted by molar-refractivity contribution is 9.10. The highest BCUT2D eigenvalue weighted by atomic mass is 79.9. The predicted octanol–water partition coefficient (Wildman–Crippen LogP) is 5.62. The monoisotopic (exact) mass is 556 g/mol. The van der Waals surface area contributed by atoms with Gasteiger partial charge in [-0.3, -0.25) is 4.98 Å². The SMILES string of the molecule is CC(C)CNS(=O)(=O)c1cc2c(c3cnc(C4CC4)cc13)C(NC(=O)Nc1ccc(Br)cc1)CC2. The minimum atomic E-state index is -3.69. The summed E-state index contributed by atoms with van der Waals surface area (Å²) >= 11 is 3.40. The van der Waals surface area contributed by atoms with Crippen LogP contribution in [0.3, 0.4) is 0 Å². The Bertz CT molecular complexity index is 1390. The zero-order valence-corrected chi connectivity index (χ0v) is 22.2. The Morgan fingerprint density at radius 3 is 2.54 bits per heavy atom. The van der Waals surface area contributed by atoms with E-state index in [2.05, 4.69) is 36.3 Å². The lowest BCUT2D eigenvalue weighted by atomic mass is 9.99. The van der Waals surface area contributed by atoms with Crippen LogP contribution in [-0.4, -0.2) is 26.0 Å². The van der Waals surface area contributed by atoms with Crippen molar-refractivity contribution in [3.8, 4) is 0 Å². The summed E-state index contributed by atoms with van der Waals surface area (Å²) < 4.78 is 30.3. The number of amides is 2. The molecule has 7 nitrogen and oxygen atoms in total. The highest BCUT2D eigenvalue weighted by Crippen LogP contribution is 2.43. The van der Waals surface area contributed by atoms with Gasteiger partial charge in [0.1, 0.15) is 0 Å². The molecule has 1 unspecified atom stereocenters. The summed E-state index contributed by atoms with van der Waals surface area (Å²) in [6.45, 7) is 4.34. The molecule has 0 radical (unpaired) electrons. The summed E-state index contributed by atoms with van der Waals surface area (Å²) in [6, 6.07) is 10.6. The first-order chi connectivity index (χ1) is 16.7. The number of fused-ring (bicyclic) bond motifs is 3. The Balaban J connectivity index is 1.50. The van der Waals surface area contributed by atoms with Gasteiger partial charge in [0.15, 0.2) is 0 Å². The number of carbonyl (C=O) groups is 1. The van der Waals surface area contributed by atoms with Crippen LogP contribution in [0.4, 0.5) is 10.5 Å². The van der Waals surface area contributed by atoms with E-state index in [1.165, 1.54) is 0 Å². The van der Waals surface area contributed by atoms with E-state index in [4.69, 9.17) is 0 Å². The zero-order chi connectivity index (χ0) is 24.7. The minimum Gasteiger partial charge on any atom is -0.331 e. The summed E-state index contributed by atoms with van der Waals surface area (Å²) in [6.07, 6.45) is 5.35. The van der Waals surface area contributed by atoms with Crippen LogP contribution >= 0.6 is 15.9 Å². The van der Waals surface area contributed by atoms with Gasteiger partial charge in [-0.15, -0.1) is 0 Å². The van der Waals surface area contributed by atoms with E-state index in [0.717, 1.165) is 39.5 Å². The number of hydrogen-bond donors (Lipinski definition) is 3. The first-order valence-electron chi connectivity index (χ1n) is 12.0. The molecule has 1 aromatic heterocycles. The number of anilines is 1. The van der Waals surface area contributed by atoms with Gasteiger partial charge in [-0.25, -0.2) is 17.9 Å². The third-order valence-corrected chi connectivity index (χ3v) is 8.55. The van der Waals surface area contributed by atoms with E-state index in [1.807, 2.05) is 44.2 Å². The molecular weight excluding hydrogens is 528 g/mol. The van der Waals surface area contributed by atoms with Crippen LogP contribution < -0.4 is 15.4 Å². The number of urea groups is 1. The van der Waals surface area contributed by atoms with Crippen molar-refractivity contribution in [3.05, 3.63) is 63.9 Å². The van der Waals surface area contributed by atoms with Crippen LogP contribution in [0.2, 0.25) is 0 Å². The second kappa shape index (κ2) is 9.52. The number of nitrogens with one attached hydrogen (secondary N) is 3. The summed E-state index contributed by atoms with van der Waals surface area (Å²) in [5.41, 5.74) is 3.54. The molecule has 0 aliphatic heterocycles. The fraction of sp³-hybridized carbons (Fsp3) is 0.385. The number of pyridine rings is 1. The van der Waals surface area contributed by atoms with E-state index in [1.54, 1.807) is 12.3 Å². The smallest absolute Gasteiger partial charge is 0.319 e. The molecule has 1 atom stereocenters. The number of carbonyl (C=O) groups excluding carboxylic acids is 1. The molecule has 1 saturated carbocycles. The van der Waals surface area contributed by atoms with Gasteiger partial charge < -0.3 is 10.6 Å². The average molecular weight is 558 g/mol. The molecule has 2 aromatic carbocycles. The minimum absolute atomic E-state index is 0.201. The topological polar surface area (TPSA) is 100 Å². The van der Waals surface area contributed by atoms with Gasteiger partial charge in [-0.1, -0.05) is 29.8 Å². The van der Waals surface area contributed by atoms with Crippen LogP contribution in [0, 0.1) is 5.92 Å². The van der Waals surface area contributed by atoms with Crippen molar-refractivity contribution in [2.24, 2.45) is 5.92 Å². The quantitative estimate of drug-likeness (QED) is 0.351. The Labute approximate surface area is 214 Å². The third-order valence-electron chi connectivity index (χ3n) is 6.56. The van der Waals surface area contributed by atoms with Gasteiger partial charge in [0.2, 0.25) is 10.0 Å². The predicted molar refractivity (Wildman–Crippen MR) is 141 cm³/mol. The molecule has 1 fully saturated rings. The van der Waals surface area contributed by atoms with Crippen LogP contribution in [0.1, 0.15) is 61.9 Å². The maximum Gasteiger partial charge on any atom is 0.319 e. The fourth-order valence-corrected chi connectivity index (χ4v) is 6.35. The number of aromatic nitrogens is 1. The standard InChI is InChI=1S/C26H29BrN4O3S/c1-15(2)13-29-35(33,34)24-11-17-5-10-22(31-26(32)30-19-8-6-18(27)7-9-19)25(17)21-14-28-23(12-20(21)24)16-3-4-16/h6-9,11-12,14-16,22,29H,3-5,10,13H2,1-2H3,(H2,30,31,32). The Kier molecular flexibility index (Phi) is 6.59. The molecule has 2 amide bonds. The first-order valence-corrected chi connectivity index (χ1v) is 14.3. The maximum atomic E-state index is 13.3. The molecule has 1 heterocycles. The molecule has 0 bridgehead atoms. The van der Waals surface area contributed by atoms with Crippen LogP contribution in [0.15, 0.2) is 52.0 Å². The summed E-state index contributed by atoms with van der Waals surface area (Å²) in [4.78, 5) is 17.8. The summed E-state index contributed by atoms with van der Waals surface area (Å²) in [5.74, 6) is 0.601. The molecule has 3 aromatic rings. The van der Waals surface area contributed by atoms with Crippen molar-refractivity contribution in [2.75, 3.05) is 11.9 Å². The van der Waals surface area contributed by atoms with Crippen molar-refractivity contribution in [3.63, 3.8) is 0 Å². The number of sulfonamides is 1. The van der Waals surface area contributed by atoms with E-state index < -0.39 is 10.0 Å². The van der Waals surface area contributed by atoms with Crippen molar-refractivity contribution in [2.45, 2.75) is 56.4 Å². The van der Waals surface area contributed by atoms with E-state index in [9.17, 15) is 13.2 Å². The Morgan fingerprint density at radius 2 is 1.86 bits per heavy atom. The molecule has 5 rings (SSSR count). The molecular formula is C26H29BrN4O3S. The van der Waals surface area contributed by atoms with Gasteiger partial charge in [0, 0.05) is 45.3 Å². The number of rotatable bonds is 7. The molecule has 3 N–H and O–H groups in total. The Hall–Kier alpha value is -2.49. The van der Waals surface area contributed by atoms with Gasteiger partial charge in [-0.2, -0.15) is 0 Å². The fourth-order valence-electron chi connectivity index (χ4n) is 4.62.